The Bertz CT molecular complexity index is 778. The quantitative estimate of drug-likeness (QED) is 0.685. The van der Waals surface area contributed by atoms with Gasteiger partial charge in [0, 0.05) is 11.6 Å². The minimum Gasteiger partial charge on any atom is -0.375 e. The van der Waals surface area contributed by atoms with Crippen molar-refractivity contribution in [3.05, 3.63) is 65.4 Å². The van der Waals surface area contributed by atoms with Gasteiger partial charge in [0.15, 0.2) is 0 Å². The number of terminal acetylenes is 1. The van der Waals surface area contributed by atoms with Crippen LogP contribution in [0.2, 0.25) is 0 Å². The number of carbonyl (C=O) groups is 1. The molecule has 1 N–H and O–H groups in total. The average Bonchev–Trinajstić information content (AvgIpc) is 2.96. The van der Waals surface area contributed by atoms with Gasteiger partial charge in [-0.3, -0.25) is 4.79 Å². The Morgan fingerprint density at radius 2 is 1.86 bits per heavy atom. The lowest BCUT2D eigenvalue weighted by Crippen LogP contribution is -2.17. The number of allylic oxidation sites excluding steroid dienone is 1. The first kappa shape index (κ1) is 14.2. The largest absolute Gasteiger partial charge is 0.375 e. The van der Waals surface area contributed by atoms with E-state index < -0.39 is 0 Å². The molecule has 0 radical (unpaired) electrons. The van der Waals surface area contributed by atoms with Crippen molar-refractivity contribution in [2.24, 2.45) is 0 Å². The van der Waals surface area contributed by atoms with Gasteiger partial charge in [0.2, 0.25) is 0 Å². The number of hydrogen-bond donors (Lipinski definition) is 1. The van der Waals surface area contributed by atoms with Gasteiger partial charge in [0.05, 0.1) is 5.70 Å². The Kier molecular flexibility index (Phi) is 3.80. The van der Waals surface area contributed by atoms with Gasteiger partial charge in [-0.2, -0.15) is 0 Å². The van der Waals surface area contributed by atoms with Crippen LogP contribution in [-0.4, -0.2) is 12.3 Å². The first-order valence-corrected chi connectivity index (χ1v) is 7.33. The van der Waals surface area contributed by atoms with E-state index in [0.29, 0.717) is 11.6 Å². The molecule has 1 aliphatic heterocycles. The Hall–Kier alpha value is -2.79. The third-order valence-electron chi connectivity index (χ3n) is 3.94. The van der Waals surface area contributed by atoms with Crippen LogP contribution >= 0.6 is 0 Å². The Morgan fingerprint density at radius 1 is 1.14 bits per heavy atom. The van der Waals surface area contributed by atoms with Crippen LogP contribution in [-0.2, 0) is 0 Å². The van der Waals surface area contributed by atoms with Crippen LogP contribution in [0.1, 0.15) is 29.3 Å². The SMILES string of the molecule is C#CC1=C(c2cccc(-c3ccc(C=O)cc3)c2)CC(C)N1. The number of hydrogen-bond acceptors (Lipinski definition) is 2. The fourth-order valence-electron chi connectivity index (χ4n) is 2.82. The molecule has 0 aromatic heterocycles. The molecule has 0 aliphatic carbocycles. The molecule has 2 aromatic rings. The molecular weight excluding hydrogens is 270 g/mol. The van der Waals surface area contributed by atoms with E-state index in [0.717, 1.165) is 35.1 Å². The van der Waals surface area contributed by atoms with E-state index in [1.807, 2.05) is 30.3 Å². The zero-order chi connectivity index (χ0) is 15.5. The van der Waals surface area contributed by atoms with E-state index in [2.05, 4.69) is 36.4 Å². The van der Waals surface area contributed by atoms with Gasteiger partial charge < -0.3 is 5.32 Å². The van der Waals surface area contributed by atoms with E-state index in [1.165, 1.54) is 5.57 Å². The molecule has 0 amide bonds. The van der Waals surface area contributed by atoms with Crippen molar-refractivity contribution in [1.82, 2.24) is 5.32 Å². The van der Waals surface area contributed by atoms with E-state index in [9.17, 15) is 4.79 Å². The third kappa shape index (κ3) is 2.66. The Labute approximate surface area is 130 Å². The second kappa shape index (κ2) is 5.91. The molecule has 0 spiro atoms. The molecule has 1 unspecified atom stereocenters. The maximum Gasteiger partial charge on any atom is 0.150 e. The van der Waals surface area contributed by atoms with Crippen LogP contribution in [0.25, 0.3) is 16.7 Å². The minimum absolute atomic E-state index is 0.372. The van der Waals surface area contributed by atoms with Crippen molar-refractivity contribution in [3.63, 3.8) is 0 Å². The molecule has 1 atom stereocenters. The lowest BCUT2D eigenvalue weighted by Gasteiger charge is -2.07. The number of nitrogens with one attached hydrogen (secondary N) is 1. The molecule has 0 bridgehead atoms. The highest BCUT2D eigenvalue weighted by molar-refractivity contribution is 5.79. The summed E-state index contributed by atoms with van der Waals surface area (Å²) in [6, 6.07) is 16.3. The van der Waals surface area contributed by atoms with Crippen molar-refractivity contribution in [2.75, 3.05) is 0 Å². The topological polar surface area (TPSA) is 29.1 Å². The summed E-state index contributed by atoms with van der Waals surface area (Å²) in [6.45, 7) is 2.13. The van der Waals surface area contributed by atoms with Gasteiger partial charge in [-0.05, 0) is 41.7 Å². The van der Waals surface area contributed by atoms with Crippen molar-refractivity contribution in [2.45, 2.75) is 19.4 Å². The van der Waals surface area contributed by atoms with E-state index >= 15 is 0 Å². The predicted octanol–water partition coefficient (Wildman–Crippen LogP) is 3.89. The zero-order valence-corrected chi connectivity index (χ0v) is 12.5. The van der Waals surface area contributed by atoms with E-state index in [-0.39, 0.29) is 0 Å². The van der Waals surface area contributed by atoms with Gasteiger partial charge in [0.25, 0.3) is 0 Å². The highest BCUT2D eigenvalue weighted by Crippen LogP contribution is 2.31. The maximum absolute atomic E-state index is 10.8. The van der Waals surface area contributed by atoms with Gasteiger partial charge in [-0.1, -0.05) is 48.4 Å². The molecule has 2 heteroatoms. The normalized spacial score (nSPS) is 17.0. The van der Waals surface area contributed by atoms with Crippen LogP contribution in [0.15, 0.2) is 54.2 Å². The smallest absolute Gasteiger partial charge is 0.150 e. The van der Waals surface area contributed by atoms with Gasteiger partial charge >= 0.3 is 0 Å². The number of carbonyl (C=O) groups excluding carboxylic acids is 1. The fourth-order valence-corrected chi connectivity index (χ4v) is 2.82. The fraction of sp³-hybridized carbons (Fsp3) is 0.150. The van der Waals surface area contributed by atoms with Gasteiger partial charge in [-0.25, -0.2) is 0 Å². The van der Waals surface area contributed by atoms with Crippen LogP contribution in [0.5, 0.6) is 0 Å². The van der Waals surface area contributed by atoms with Crippen LogP contribution in [0.3, 0.4) is 0 Å². The molecule has 2 nitrogen and oxygen atoms in total. The van der Waals surface area contributed by atoms with Crippen LogP contribution < -0.4 is 5.32 Å². The molecule has 0 saturated carbocycles. The molecular formula is C20H17NO. The molecule has 1 heterocycles. The van der Waals surface area contributed by atoms with Gasteiger partial charge in [0.1, 0.15) is 6.29 Å². The summed E-state index contributed by atoms with van der Waals surface area (Å²) < 4.78 is 0. The van der Waals surface area contributed by atoms with Gasteiger partial charge in [-0.15, -0.1) is 6.42 Å². The predicted molar refractivity (Wildman–Crippen MR) is 90.2 cm³/mol. The summed E-state index contributed by atoms with van der Waals surface area (Å²) in [7, 11) is 0. The summed E-state index contributed by atoms with van der Waals surface area (Å²) in [5.41, 5.74) is 6.14. The lowest BCUT2D eigenvalue weighted by molar-refractivity contribution is 0.112. The summed E-state index contributed by atoms with van der Waals surface area (Å²) >= 11 is 0. The second-order valence-electron chi connectivity index (χ2n) is 5.57. The summed E-state index contributed by atoms with van der Waals surface area (Å²) in [4.78, 5) is 10.8. The summed E-state index contributed by atoms with van der Waals surface area (Å²) in [5, 5.41) is 3.33. The zero-order valence-electron chi connectivity index (χ0n) is 12.5. The minimum atomic E-state index is 0.372. The standard InChI is InChI=1S/C20H17NO/c1-3-20-19(11-14(2)21-20)18-6-4-5-17(12-18)16-9-7-15(13-22)8-10-16/h1,4-10,12-14,21H,11H2,2H3. The van der Waals surface area contributed by atoms with Crippen molar-refractivity contribution in [3.8, 4) is 23.5 Å². The number of benzene rings is 2. The third-order valence-corrected chi connectivity index (χ3v) is 3.94. The lowest BCUT2D eigenvalue weighted by atomic mass is 9.96. The molecule has 0 saturated heterocycles. The molecule has 22 heavy (non-hydrogen) atoms. The van der Waals surface area contributed by atoms with Crippen LogP contribution in [0.4, 0.5) is 0 Å². The van der Waals surface area contributed by atoms with Crippen molar-refractivity contribution < 1.29 is 4.79 Å². The molecule has 3 rings (SSSR count). The highest BCUT2D eigenvalue weighted by Gasteiger charge is 2.20. The number of aldehydes is 1. The molecule has 2 aromatic carbocycles. The Morgan fingerprint density at radius 3 is 2.55 bits per heavy atom. The summed E-state index contributed by atoms with van der Waals surface area (Å²) in [5.74, 6) is 2.75. The number of rotatable bonds is 3. The highest BCUT2D eigenvalue weighted by atomic mass is 16.1. The average molecular weight is 287 g/mol. The Balaban J connectivity index is 1.99. The van der Waals surface area contributed by atoms with E-state index in [1.54, 1.807) is 0 Å². The summed E-state index contributed by atoms with van der Waals surface area (Å²) in [6.07, 6.45) is 7.40. The second-order valence-corrected chi connectivity index (χ2v) is 5.57. The van der Waals surface area contributed by atoms with Crippen LogP contribution in [0, 0.1) is 12.3 Å². The monoisotopic (exact) mass is 287 g/mol. The molecule has 1 aliphatic rings. The van der Waals surface area contributed by atoms with E-state index in [4.69, 9.17) is 6.42 Å². The van der Waals surface area contributed by atoms with Crippen molar-refractivity contribution in [1.29, 1.82) is 0 Å². The first-order valence-electron chi connectivity index (χ1n) is 7.33. The molecule has 108 valence electrons. The first-order chi connectivity index (χ1) is 10.7. The maximum atomic E-state index is 10.8. The molecule has 0 fully saturated rings. The van der Waals surface area contributed by atoms with Crippen molar-refractivity contribution >= 4 is 11.9 Å².